The highest BCUT2D eigenvalue weighted by atomic mass is 79.9. The van der Waals surface area contributed by atoms with Crippen molar-refractivity contribution in [3.8, 4) is 0 Å². The zero-order valence-corrected chi connectivity index (χ0v) is 10.1. The molecule has 0 saturated carbocycles. The second-order valence-corrected chi connectivity index (χ2v) is 5.47. The van der Waals surface area contributed by atoms with Crippen LogP contribution in [-0.2, 0) is 6.42 Å². The first-order chi connectivity index (χ1) is 6.26. The molecule has 3 heteroatoms. The topological polar surface area (TPSA) is 12.0 Å². The van der Waals surface area contributed by atoms with Gasteiger partial charge in [-0.1, -0.05) is 6.08 Å². The predicted molar refractivity (Wildman–Crippen MR) is 63.4 cm³/mol. The van der Waals surface area contributed by atoms with E-state index in [9.17, 15) is 0 Å². The van der Waals surface area contributed by atoms with Crippen LogP contribution in [0.4, 0.5) is 0 Å². The Bertz CT molecular complexity index is 270. The molecule has 1 unspecified atom stereocenters. The van der Waals surface area contributed by atoms with E-state index in [2.05, 4.69) is 40.0 Å². The van der Waals surface area contributed by atoms with E-state index >= 15 is 0 Å². The number of hydrogen-bond donors (Lipinski definition) is 1. The van der Waals surface area contributed by atoms with Gasteiger partial charge in [0.05, 0.1) is 3.79 Å². The number of thiophene rings is 1. The molecule has 0 radical (unpaired) electrons. The third-order valence-electron chi connectivity index (χ3n) is 1.94. The van der Waals surface area contributed by atoms with Gasteiger partial charge in [0.1, 0.15) is 0 Å². The largest absolute Gasteiger partial charge is 0.316 e. The van der Waals surface area contributed by atoms with Crippen LogP contribution in [0.5, 0.6) is 0 Å². The highest BCUT2D eigenvalue weighted by molar-refractivity contribution is 9.11. The summed E-state index contributed by atoms with van der Waals surface area (Å²) in [6, 6.07) is 4.78. The quantitative estimate of drug-likeness (QED) is 0.801. The van der Waals surface area contributed by atoms with Gasteiger partial charge in [0.15, 0.2) is 0 Å². The lowest BCUT2D eigenvalue weighted by atomic mass is 10.1. The molecule has 0 aliphatic carbocycles. The van der Waals surface area contributed by atoms with Crippen LogP contribution in [-0.4, -0.2) is 13.1 Å². The molecule has 1 atom stereocenters. The van der Waals surface area contributed by atoms with E-state index in [4.69, 9.17) is 0 Å². The van der Waals surface area contributed by atoms with E-state index < -0.39 is 0 Å². The van der Waals surface area contributed by atoms with E-state index in [0.29, 0.717) is 6.04 Å². The molecule has 1 nitrogen and oxygen atoms in total. The van der Waals surface area contributed by atoms with Crippen LogP contribution < -0.4 is 5.32 Å². The summed E-state index contributed by atoms with van der Waals surface area (Å²) in [5, 5.41) is 3.28. The maximum absolute atomic E-state index is 3.75. The molecule has 13 heavy (non-hydrogen) atoms. The van der Waals surface area contributed by atoms with Gasteiger partial charge in [-0.15, -0.1) is 17.9 Å². The average Bonchev–Trinajstić information content (AvgIpc) is 2.50. The highest BCUT2D eigenvalue weighted by Crippen LogP contribution is 2.23. The minimum absolute atomic E-state index is 0.517. The lowest BCUT2D eigenvalue weighted by molar-refractivity contribution is 0.570. The predicted octanol–water partition coefficient (Wildman–Crippen LogP) is 3.22. The number of rotatable bonds is 5. The third kappa shape index (κ3) is 3.63. The molecule has 0 aliphatic rings. The molecule has 0 aromatic carbocycles. The van der Waals surface area contributed by atoms with Crippen LogP contribution >= 0.6 is 27.3 Å². The second kappa shape index (κ2) is 5.58. The van der Waals surface area contributed by atoms with Crippen LogP contribution in [0.2, 0.25) is 0 Å². The van der Waals surface area contributed by atoms with Crippen molar-refractivity contribution in [2.24, 2.45) is 0 Å². The SMILES string of the molecule is C=CCC(Cc1ccc(Br)s1)NC. The van der Waals surface area contributed by atoms with E-state index in [1.807, 2.05) is 13.1 Å². The Balaban J connectivity index is 2.50. The van der Waals surface area contributed by atoms with Gasteiger partial charge >= 0.3 is 0 Å². The Morgan fingerprint density at radius 2 is 2.46 bits per heavy atom. The molecule has 0 bridgehead atoms. The summed E-state index contributed by atoms with van der Waals surface area (Å²) in [5.41, 5.74) is 0. The van der Waals surface area contributed by atoms with E-state index in [1.54, 1.807) is 11.3 Å². The molecule has 0 saturated heterocycles. The number of nitrogens with one attached hydrogen (secondary N) is 1. The summed E-state index contributed by atoms with van der Waals surface area (Å²) in [6.07, 6.45) is 4.06. The Labute approximate surface area is 92.0 Å². The Morgan fingerprint density at radius 1 is 1.69 bits per heavy atom. The smallest absolute Gasteiger partial charge is 0.0701 e. The van der Waals surface area contributed by atoms with E-state index in [-0.39, 0.29) is 0 Å². The first-order valence-electron chi connectivity index (χ1n) is 4.28. The highest BCUT2D eigenvalue weighted by Gasteiger charge is 2.06. The van der Waals surface area contributed by atoms with Gasteiger partial charge in [-0.05, 0) is 48.0 Å². The molecule has 0 fully saturated rings. The Morgan fingerprint density at radius 3 is 2.92 bits per heavy atom. The lowest BCUT2D eigenvalue weighted by Crippen LogP contribution is -2.26. The Kier molecular flexibility index (Phi) is 4.70. The summed E-state index contributed by atoms with van der Waals surface area (Å²) in [4.78, 5) is 1.41. The normalized spacial score (nSPS) is 12.8. The average molecular weight is 260 g/mol. The fourth-order valence-corrected chi connectivity index (χ4v) is 2.77. The van der Waals surface area contributed by atoms with Crippen molar-refractivity contribution in [3.05, 3.63) is 33.5 Å². The van der Waals surface area contributed by atoms with E-state index in [1.165, 1.54) is 8.66 Å². The summed E-state index contributed by atoms with van der Waals surface area (Å²) in [5.74, 6) is 0. The maximum atomic E-state index is 3.75. The zero-order chi connectivity index (χ0) is 9.68. The molecule has 1 aromatic rings. The van der Waals surface area contributed by atoms with Crippen molar-refractivity contribution in [2.75, 3.05) is 7.05 Å². The fraction of sp³-hybridized carbons (Fsp3) is 0.400. The number of likely N-dealkylation sites (N-methyl/N-ethyl adjacent to an activating group) is 1. The van der Waals surface area contributed by atoms with Gasteiger partial charge in [-0.25, -0.2) is 0 Å². The van der Waals surface area contributed by atoms with Crippen LogP contribution in [0.1, 0.15) is 11.3 Å². The second-order valence-electron chi connectivity index (χ2n) is 2.92. The fourth-order valence-electron chi connectivity index (χ4n) is 1.21. The molecule has 0 spiro atoms. The van der Waals surface area contributed by atoms with Gasteiger partial charge in [0, 0.05) is 10.9 Å². The number of hydrogen-bond acceptors (Lipinski definition) is 2. The van der Waals surface area contributed by atoms with Crippen LogP contribution in [0.15, 0.2) is 28.6 Å². The minimum Gasteiger partial charge on any atom is -0.316 e. The Hall–Kier alpha value is -0.120. The molecular formula is C10H14BrNS. The van der Waals surface area contributed by atoms with Crippen molar-refractivity contribution >= 4 is 27.3 Å². The summed E-state index contributed by atoms with van der Waals surface area (Å²) >= 11 is 5.26. The van der Waals surface area contributed by atoms with Gasteiger partial charge in [-0.2, -0.15) is 0 Å². The van der Waals surface area contributed by atoms with Crippen molar-refractivity contribution in [2.45, 2.75) is 18.9 Å². The van der Waals surface area contributed by atoms with Crippen molar-refractivity contribution in [3.63, 3.8) is 0 Å². The summed E-state index contributed by atoms with van der Waals surface area (Å²) in [7, 11) is 2.00. The third-order valence-corrected chi connectivity index (χ3v) is 3.58. The van der Waals surface area contributed by atoms with Gasteiger partial charge in [0.25, 0.3) is 0 Å². The molecular weight excluding hydrogens is 246 g/mol. The van der Waals surface area contributed by atoms with Crippen molar-refractivity contribution < 1.29 is 0 Å². The molecule has 1 N–H and O–H groups in total. The van der Waals surface area contributed by atoms with Gasteiger partial charge in [0.2, 0.25) is 0 Å². The van der Waals surface area contributed by atoms with Crippen molar-refractivity contribution in [1.82, 2.24) is 5.32 Å². The monoisotopic (exact) mass is 259 g/mol. The van der Waals surface area contributed by atoms with Crippen LogP contribution in [0.25, 0.3) is 0 Å². The van der Waals surface area contributed by atoms with Gasteiger partial charge in [-0.3, -0.25) is 0 Å². The summed E-state index contributed by atoms with van der Waals surface area (Å²) in [6.45, 7) is 3.75. The van der Waals surface area contributed by atoms with Gasteiger partial charge < -0.3 is 5.32 Å². The van der Waals surface area contributed by atoms with Crippen LogP contribution in [0, 0.1) is 0 Å². The minimum atomic E-state index is 0.517. The maximum Gasteiger partial charge on any atom is 0.0701 e. The molecule has 0 aliphatic heterocycles. The number of halogens is 1. The van der Waals surface area contributed by atoms with Crippen LogP contribution in [0.3, 0.4) is 0 Å². The first kappa shape index (κ1) is 11.0. The van der Waals surface area contributed by atoms with E-state index in [0.717, 1.165) is 12.8 Å². The first-order valence-corrected chi connectivity index (χ1v) is 5.89. The summed E-state index contributed by atoms with van der Waals surface area (Å²) < 4.78 is 1.20. The lowest BCUT2D eigenvalue weighted by Gasteiger charge is -2.11. The standard InChI is InChI=1S/C10H14BrNS/c1-3-4-8(12-2)7-9-5-6-10(11)13-9/h3,5-6,8,12H,1,4,7H2,2H3. The molecule has 1 rings (SSSR count). The molecule has 1 heterocycles. The van der Waals surface area contributed by atoms with Crippen molar-refractivity contribution in [1.29, 1.82) is 0 Å². The molecule has 0 amide bonds. The molecule has 72 valence electrons. The molecule has 1 aromatic heterocycles. The zero-order valence-electron chi connectivity index (χ0n) is 7.72.